The first-order valence-electron chi connectivity index (χ1n) is 7.00. The summed E-state index contributed by atoms with van der Waals surface area (Å²) in [4.78, 5) is 4.42. The lowest BCUT2D eigenvalue weighted by atomic mass is 10.2. The van der Waals surface area contributed by atoms with Crippen molar-refractivity contribution in [2.24, 2.45) is 0 Å². The molecule has 0 saturated carbocycles. The molecule has 0 radical (unpaired) electrons. The van der Waals surface area contributed by atoms with Gasteiger partial charge in [-0.1, -0.05) is 53.7 Å². The Kier molecular flexibility index (Phi) is 3.96. The third-order valence-corrected chi connectivity index (χ3v) is 3.30. The SMILES string of the molecule is Cc1ccccc1NCCc1nc(-c2ccccc2)no1. The molecule has 21 heavy (non-hydrogen) atoms. The van der Waals surface area contributed by atoms with E-state index in [1.165, 1.54) is 5.56 Å². The highest BCUT2D eigenvalue weighted by molar-refractivity contribution is 5.53. The Labute approximate surface area is 123 Å². The summed E-state index contributed by atoms with van der Waals surface area (Å²) in [6.07, 6.45) is 0.703. The van der Waals surface area contributed by atoms with Crippen molar-refractivity contribution in [2.45, 2.75) is 13.3 Å². The Morgan fingerprint density at radius 2 is 1.76 bits per heavy atom. The number of aromatic nitrogens is 2. The van der Waals surface area contributed by atoms with E-state index in [4.69, 9.17) is 4.52 Å². The minimum atomic E-state index is 0.640. The van der Waals surface area contributed by atoms with Crippen LogP contribution in [0.3, 0.4) is 0 Å². The highest BCUT2D eigenvalue weighted by atomic mass is 16.5. The van der Waals surface area contributed by atoms with Crippen molar-refractivity contribution in [3.8, 4) is 11.4 Å². The van der Waals surface area contributed by atoms with Crippen LogP contribution in [0, 0.1) is 6.92 Å². The van der Waals surface area contributed by atoms with Crippen molar-refractivity contribution in [3.63, 3.8) is 0 Å². The molecule has 0 saturated heterocycles. The zero-order valence-corrected chi connectivity index (χ0v) is 11.9. The first kappa shape index (κ1) is 13.4. The number of para-hydroxylation sites is 1. The van der Waals surface area contributed by atoms with Crippen LogP contribution in [0.4, 0.5) is 5.69 Å². The molecule has 0 bridgehead atoms. The topological polar surface area (TPSA) is 51.0 Å². The predicted molar refractivity (Wildman–Crippen MR) is 83.1 cm³/mol. The molecule has 0 aliphatic carbocycles. The fraction of sp³-hybridized carbons (Fsp3) is 0.176. The number of hydrogen-bond donors (Lipinski definition) is 1. The van der Waals surface area contributed by atoms with E-state index in [0.717, 1.165) is 17.8 Å². The zero-order chi connectivity index (χ0) is 14.5. The van der Waals surface area contributed by atoms with E-state index in [-0.39, 0.29) is 0 Å². The second kappa shape index (κ2) is 6.22. The molecule has 3 rings (SSSR count). The number of nitrogens with one attached hydrogen (secondary N) is 1. The van der Waals surface area contributed by atoms with E-state index < -0.39 is 0 Å². The van der Waals surface area contributed by atoms with Crippen LogP contribution in [0.15, 0.2) is 59.1 Å². The van der Waals surface area contributed by atoms with E-state index in [0.29, 0.717) is 18.1 Å². The standard InChI is InChI=1S/C17H17N3O/c1-13-7-5-6-10-15(13)18-12-11-16-19-17(20-21-16)14-8-3-2-4-9-14/h2-10,18H,11-12H2,1H3. The van der Waals surface area contributed by atoms with Crippen molar-refractivity contribution in [1.29, 1.82) is 0 Å². The number of hydrogen-bond acceptors (Lipinski definition) is 4. The average Bonchev–Trinajstić information content (AvgIpc) is 2.99. The van der Waals surface area contributed by atoms with Gasteiger partial charge in [-0.05, 0) is 18.6 Å². The van der Waals surface area contributed by atoms with Crippen LogP contribution in [0.1, 0.15) is 11.5 Å². The number of aryl methyl sites for hydroxylation is 1. The van der Waals surface area contributed by atoms with E-state index in [2.05, 4.69) is 34.5 Å². The highest BCUT2D eigenvalue weighted by Gasteiger charge is 2.07. The van der Waals surface area contributed by atoms with Crippen molar-refractivity contribution < 1.29 is 4.52 Å². The number of anilines is 1. The molecule has 3 aromatic rings. The van der Waals surface area contributed by atoms with Crippen LogP contribution < -0.4 is 5.32 Å². The number of benzene rings is 2. The monoisotopic (exact) mass is 279 g/mol. The van der Waals surface area contributed by atoms with Gasteiger partial charge in [0.2, 0.25) is 11.7 Å². The van der Waals surface area contributed by atoms with Gasteiger partial charge in [-0.2, -0.15) is 4.98 Å². The molecule has 0 atom stereocenters. The normalized spacial score (nSPS) is 10.5. The maximum atomic E-state index is 5.29. The molecule has 1 heterocycles. The first-order valence-corrected chi connectivity index (χ1v) is 7.00. The molecule has 1 aromatic heterocycles. The number of nitrogens with zero attached hydrogens (tertiary/aromatic N) is 2. The second-order valence-corrected chi connectivity index (χ2v) is 4.87. The van der Waals surface area contributed by atoms with Crippen molar-refractivity contribution in [3.05, 3.63) is 66.1 Å². The highest BCUT2D eigenvalue weighted by Crippen LogP contribution is 2.16. The van der Waals surface area contributed by atoms with Crippen molar-refractivity contribution in [1.82, 2.24) is 10.1 Å². The lowest BCUT2D eigenvalue weighted by Crippen LogP contribution is -2.06. The molecule has 1 N–H and O–H groups in total. The molecule has 2 aromatic carbocycles. The lowest BCUT2D eigenvalue weighted by Gasteiger charge is -2.07. The minimum Gasteiger partial charge on any atom is -0.384 e. The smallest absolute Gasteiger partial charge is 0.228 e. The van der Waals surface area contributed by atoms with Gasteiger partial charge < -0.3 is 9.84 Å². The summed E-state index contributed by atoms with van der Waals surface area (Å²) >= 11 is 0. The summed E-state index contributed by atoms with van der Waals surface area (Å²) < 4.78 is 5.29. The minimum absolute atomic E-state index is 0.640. The van der Waals surface area contributed by atoms with Gasteiger partial charge in [0.15, 0.2) is 0 Å². The van der Waals surface area contributed by atoms with E-state index >= 15 is 0 Å². The molecule has 106 valence electrons. The molecule has 0 spiro atoms. The fourth-order valence-electron chi connectivity index (χ4n) is 2.14. The van der Waals surface area contributed by atoms with E-state index in [1.807, 2.05) is 42.5 Å². The third kappa shape index (κ3) is 3.28. The van der Waals surface area contributed by atoms with Crippen molar-refractivity contribution in [2.75, 3.05) is 11.9 Å². The Morgan fingerprint density at radius 1 is 1.00 bits per heavy atom. The van der Waals surface area contributed by atoms with Gasteiger partial charge in [-0.15, -0.1) is 0 Å². The van der Waals surface area contributed by atoms with E-state index in [1.54, 1.807) is 0 Å². The molecule has 0 fully saturated rings. The average molecular weight is 279 g/mol. The predicted octanol–water partition coefficient (Wildman–Crippen LogP) is 3.70. The molecule has 4 heteroatoms. The van der Waals surface area contributed by atoms with Gasteiger partial charge in [0, 0.05) is 24.2 Å². The quantitative estimate of drug-likeness (QED) is 0.773. The Balaban J connectivity index is 1.60. The van der Waals surface area contributed by atoms with Crippen LogP contribution >= 0.6 is 0 Å². The van der Waals surface area contributed by atoms with Gasteiger partial charge in [0.1, 0.15) is 0 Å². The largest absolute Gasteiger partial charge is 0.384 e. The van der Waals surface area contributed by atoms with Crippen LogP contribution in [-0.4, -0.2) is 16.7 Å². The summed E-state index contributed by atoms with van der Waals surface area (Å²) in [5, 5.41) is 7.40. The van der Waals surface area contributed by atoms with Crippen LogP contribution in [0.5, 0.6) is 0 Å². The Morgan fingerprint density at radius 3 is 2.57 bits per heavy atom. The van der Waals surface area contributed by atoms with Crippen molar-refractivity contribution >= 4 is 5.69 Å². The number of rotatable bonds is 5. The molecule has 0 amide bonds. The first-order chi connectivity index (χ1) is 10.3. The lowest BCUT2D eigenvalue weighted by molar-refractivity contribution is 0.381. The molecule has 0 unspecified atom stereocenters. The van der Waals surface area contributed by atoms with Crippen LogP contribution in [0.2, 0.25) is 0 Å². The molecule has 0 aliphatic heterocycles. The maximum absolute atomic E-state index is 5.29. The zero-order valence-electron chi connectivity index (χ0n) is 11.9. The van der Waals surface area contributed by atoms with Gasteiger partial charge in [0.05, 0.1) is 0 Å². The molecule has 4 nitrogen and oxygen atoms in total. The van der Waals surface area contributed by atoms with Crippen LogP contribution in [0.25, 0.3) is 11.4 Å². The van der Waals surface area contributed by atoms with Crippen LogP contribution in [-0.2, 0) is 6.42 Å². The summed E-state index contributed by atoms with van der Waals surface area (Å²) in [5.41, 5.74) is 3.34. The van der Waals surface area contributed by atoms with E-state index in [9.17, 15) is 0 Å². The molecule has 0 aliphatic rings. The summed E-state index contributed by atoms with van der Waals surface area (Å²) in [5.74, 6) is 1.29. The second-order valence-electron chi connectivity index (χ2n) is 4.87. The van der Waals surface area contributed by atoms with Gasteiger partial charge >= 0.3 is 0 Å². The summed E-state index contributed by atoms with van der Waals surface area (Å²) in [6, 6.07) is 18.1. The summed E-state index contributed by atoms with van der Waals surface area (Å²) in [7, 11) is 0. The molecular formula is C17H17N3O. The Hall–Kier alpha value is -2.62. The van der Waals surface area contributed by atoms with Gasteiger partial charge in [0.25, 0.3) is 0 Å². The third-order valence-electron chi connectivity index (χ3n) is 3.30. The summed E-state index contributed by atoms with van der Waals surface area (Å²) in [6.45, 7) is 2.85. The van der Waals surface area contributed by atoms with Gasteiger partial charge in [-0.25, -0.2) is 0 Å². The molecular weight excluding hydrogens is 262 g/mol. The van der Waals surface area contributed by atoms with Gasteiger partial charge in [-0.3, -0.25) is 0 Å². The Bertz CT molecular complexity index is 707. The maximum Gasteiger partial charge on any atom is 0.228 e. The fourth-order valence-corrected chi connectivity index (χ4v) is 2.14.